The van der Waals surface area contributed by atoms with Crippen LogP contribution in [0.1, 0.15) is 18.1 Å². The van der Waals surface area contributed by atoms with Crippen molar-refractivity contribution in [3.8, 4) is 0 Å². The number of nitrogens with one attached hydrogen (secondary N) is 2. The van der Waals surface area contributed by atoms with Gasteiger partial charge in [-0.3, -0.25) is 4.79 Å². The minimum atomic E-state index is -0.517. The van der Waals surface area contributed by atoms with Crippen LogP contribution < -0.4 is 10.6 Å². The summed E-state index contributed by atoms with van der Waals surface area (Å²) in [6.45, 7) is 1.81. The van der Waals surface area contributed by atoms with Crippen molar-refractivity contribution < 1.29 is 9.53 Å². The molecule has 2 unspecified atom stereocenters. The first kappa shape index (κ1) is 15.0. The molecule has 1 aliphatic rings. The number of ether oxygens (including phenoxy) is 1. The number of carbonyl (C=O) groups is 1. The molecule has 2 N–H and O–H groups in total. The van der Waals surface area contributed by atoms with E-state index in [1.165, 1.54) is 0 Å². The lowest BCUT2D eigenvalue weighted by Crippen LogP contribution is -2.39. The van der Waals surface area contributed by atoms with Gasteiger partial charge in [-0.2, -0.15) is 0 Å². The molecule has 1 aliphatic heterocycles. The molecule has 1 amide bonds. The van der Waals surface area contributed by atoms with Gasteiger partial charge in [0.05, 0.1) is 0 Å². The van der Waals surface area contributed by atoms with E-state index in [1.807, 2.05) is 30.3 Å². The summed E-state index contributed by atoms with van der Waals surface area (Å²) in [4.78, 5) is 12.1. The van der Waals surface area contributed by atoms with Gasteiger partial charge in [0.25, 0.3) is 5.91 Å². The van der Waals surface area contributed by atoms with Gasteiger partial charge in [0.2, 0.25) is 0 Å². The van der Waals surface area contributed by atoms with Crippen LogP contribution in [-0.4, -0.2) is 32.1 Å². The van der Waals surface area contributed by atoms with E-state index < -0.39 is 6.10 Å². The van der Waals surface area contributed by atoms with Gasteiger partial charge in [0.15, 0.2) is 6.10 Å². The molecule has 1 saturated heterocycles. The van der Waals surface area contributed by atoms with Crippen LogP contribution in [0.2, 0.25) is 0 Å². The number of hydrogen-bond acceptors (Lipinski definition) is 3. The van der Waals surface area contributed by atoms with E-state index in [9.17, 15) is 4.79 Å². The van der Waals surface area contributed by atoms with Crippen molar-refractivity contribution in [2.45, 2.75) is 18.6 Å². The molecule has 1 aromatic rings. The Morgan fingerprint density at radius 1 is 1.44 bits per heavy atom. The van der Waals surface area contributed by atoms with Gasteiger partial charge in [-0.1, -0.05) is 30.3 Å². The Bertz CT molecular complexity index is 367. The molecule has 2 rings (SSSR count). The van der Waals surface area contributed by atoms with Gasteiger partial charge >= 0.3 is 0 Å². The van der Waals surface area contributed by atoms with Crippen molar-refractivity contribution in [2.24, 2.45) is 0 Å². The van der Waals surface area contributed by atoms with Crippen LogP contribution in [0, 0.1) is 0 Å². The molecule has 0 saturated carbocycles. The Hall–Kier alpha value is -1.10. The molecule has 0 spiro atoms. The smallest absolute Gasteiger partial charge is 0.254 e. The summed E-state index contributed by atoms with van der Waals surface area (Å²) in [5, 5.41) is 6.22. The summed E-state index contributed by atoms with van der Waals surface area (Å²) in [7, 11) is 1.56. The summed E-state index contributed by atoms with van der Waals surface area (Å²) >= 11 is 0. The fraction of sp³-hybridized carbons (Fsp3) is 0.462. The van der Waals surface area contributed by atoms with Crippen molar-refractivity contribution >= 4 is 18.3 Å². The molecule has 1 fully saturated rings. The van der Waals surface area contributed by atoms with Crippen molar-refractivity contribution in [3.63, 3.8) is 0 Å². The maximum Gasteiger partial charge on any atom is 0.254 e. The molecule has 5 heteroatoms. The number of benzene rings is 1. The van der Waals surface area contributed by atoms with E-state index in [-0.39, 0.29) is 24.4 Å². The molecule has 2 atom stereocenters. The van der Waals surface area contributed by atoms with Gasteiger partial charge in [-0.15, -0.1) is 12.4 Å². The molecule has 100 valence electrons. The van der Waals surface area contributed by atoms with E-state index in [0.717, 1.165) is 25.1 Å². The number of halogens is 1. The van der Waals surface area contributed by atoms with Gasteiger partial charge in [-0.05, 0) is 18.5 Å². The fourth-order valence-electron chi connectivity index (χ4n) is 2.08. The summed E-state index contributed by atoms with van der Waals surface area (Å²) < 4.78 is 5.28. The summed E-state index contributed by atoms with van der Waals surface area (Å²) in [6.07, 6.45) is 0.466. The SMILES string of the molecule is COC(C(=O)NC1CCNC1)c1ccccc1.Cl. The lowest BCUT2D eigenvalue weighted by Gasteiger charge is -2.18. The minimum absolute atomic E-state index is 0. The standard InChI is InChI=1S/C13H18N2O2.ClH/c1-17-12(10-5-3-2-4-6-10)13(16)15-11-7-8-14-9-11;/h2-6,11-12,14H,7-9H2,1H3,(H,15,16);1H. The van der Waals surface area contributed by atoms with E-state index in [2.05, 4.69) is 10.6 Å². The quantitative estimate of drug-likeness (QED) is 0.866. The first-order chi connectivity index (χ1) is 8.31. The average Bonchev–Trinajstić information content (AvgIpc) is 2.84. The number of carbonyl (C=O) groups excluding carboxylic acids is 1. The monoisotopic (exact) mass is 270 g/mol. The molecule has 0 bridgehead atoms. The lowest BCUT2D eigenvalue weighted by molar-refractivity contribution is -0.132. The molecule has 1 heterocycles. The Balaban J connectivity index is 0.00000162. The highest BCUT2D eigenvalue weighted by molar-refractivity contribution is 5.85. The number of amides is 1. The van der Waals surface area contributed by atoms with E-state index >= 15 is 0 Å². The number of rotatable bonds is 4. The summed E-state index contributed by atoms with van der Waals surface area (Å²) in [6, 6.07) is 9.78. The van der Waals surface area contributed by atoms with Crippen LogP contribution in [0.4, 0.5) is 0 Å². The number of methoxy groups -OCH3 is 1. The highest BCUT2D eigenvalue weighted by atomic mass is 35.5. The average molecular weight is 271 g/mol. The molecule has 0 aliphatic carbocycles. The third-order valence-electron chi connectivity index (χ3n) is 2.98. The first-order valence-corrected chi connectivity index (χ1v) is 5.90. The van der Waals surface area contributed by atoms with Crippen LogP contribution in [0.15, 0.2) is 30.3 Å². The Kier molecular flexibility index (Phi) is 6.12. The second kappa shape index (κ2) is 7.36. The summed E-state index contributed by atoms with van der Waals surface area (Å²) in [5.74, 6) is -0.0626. The zero-order valence-electron chi connectivity index (χ0n) is 10.4. The molecule has 0 aromatic heterocycles. The Morgan fingerprint density at radius 3 is 2.72 bits per heavy atom. The predicted octanol–water partition coefficient (Wildman–Crippen LogP) is 1.27. The van der Waals surface area contributed by atoms with Crippen molar-refractivity contribution in [1.82, 2.24) is 10.6 Å². The minimum Gasteiger partial charge on any atom is -0.367 e. The predicted molar refractivity (Wildman–Crippen MR) is 72.9 cm³/mol. The molecule has 4 nitrogen and oxygen atoms in total. The largest absolute Gasteiger partial charge is 0.367 e. The maximum atomic E-state index is 12.1. The number of hydrogen-bond donors (Lipinski definition) is 2. The van der Waals surface area contributed by atoms with Crippen LogP contribution in [-0.2, 0) is 9.53 Å². The maximum absolute atomic E-state index is 12.1. The molecule has 1 aromatic carbocycles. The second-order valence-corrected chi connectivity index (χ2v) is 4.22. The fourth-order valence-corrected chi connectivity index (χ4v) is 2.08. The zero-order valence-corrected chi connectivity index (χ0v) is 11.2. The van der Waals surface area contributed by atoms with Gasteiger partial charge < -0.3 is 15.4 Å². The highest BCUT2D eigenvalue weighted by Crippen LogP contribution is 2.16. The first-order valence-electron chi connectivity index (χ1n) is 5.90. The summed E-state index contributed by atoms with van der Waals surface area (Å²) in [5.41, 5.74) is 0.887. The third kappa shape index (κ3) is 3.70. The van der Waals surface area contributed by atoms with Gasteiger partial charge in [0, 0.05) is 19.7 Å². The van der Waals surface area contributed by atoms with E-state index in [1.54, 1.807) is 7.11 Å². The highest BCUT2D eigenvalue weighted by Gasteiger charge is 2.24. The topological polar surface area (TPSA) is 50.4 Å². The van der Waals surface area contributed by atoms with Crippen LogP contribution in [0.3, 0.4) is 0 Å². The molecule has 0 radical (unpaired) electrons. The van der Waals surface area contributed by atoms with Crippen molar-refractivity contribution in [1.29, 1.82) is 0 Å². The van der Waals surface area contributed by atoms with E-state index in [4.69, 9.17) is 4.74 Å². The van der Waals surface area contributed by atoms with Gasteiger partial charge in [-0.25, -0.2) is 0 Å². The van der Waals surface area contributed by atoms with Crippen LogP contribution >= 0.6 is 12.4 Å². The third-order valence-corrected chi connectivity index (χ3v) is 2.98. The molecular formula is C13H19ClN2O2. The van der Waals surface area contributed by atoms with E-state index in [0.29, 0.717) is 0 Å². The second-order valence-electron chi connectivity index (χ2n) is 4.22. The normalized spacial score (nSPS) is 19.9. The Labute approximate surface area is 114 Å². The zero-order chi connectivity index (χ0) is 12.1. The Morgan fingerprint density at radius 2 is 2.17 bits per heavy atom. The molecular weight excluding hydrogens is 252 g/mol. The van der Waals surface area contributed by atoms with Crippen LogP contribution in [0.5, 0.6) is 0 Å². The van der Waals surface area contributed by atoms with Crippen molar-refractivity contribution in [3.05, 3.63) is 35.9 Å². The van der Waals surface area contributed by atoms with Crippen molar-refractivity contribution in [2.75, 3.05) is 20.2 Å². The molecule has 18 heavy (non-hydrogen) atoms. The van der Waals surface area contributed by atoms with Gasteiger partial charge in [0.1, 0.15) is 0 Å². The lowest BCUT2D eigenvalue weighted by atomic mass is 10.1. The van der Waals surface area contributed by atoms with Crippen LogP contribution in [0.25, 0.3) is 0 Å².